The molecule has 0 saturated carbocycles. The van der Waals surface area contributed by atoms with Crippen LogP contribution in [0.2, 0.25) is 0 Å². The highest BCUT2D eigenvalue weighted by Gasteiger charge is 2.27. The second kappa shape index (κ2) is 9.27. The fourth-order valence-corrected chi connectivity index (χ4v) is 5.27. The molecule has 2 N–H and O–H groups in total. The number of anilines is 2. The van der Waals surface area contributed by atoms with Crippen molar-refractivity contribution in [3.8, 4) is 0 Å². The Hall–Kier alpha value is -3.32. The van der Waals surface area contributed by atoms with Crippen molar-refractivity contribution in [3.05, 3.63) is 94.8 Å². The van der Waals surface area contributed by atoms with Gasteiger partial charge in [0.15, 0.2) is 0 Å². The van der Waals surface area contributed by atoms with E-state index in [1.54, 1.807) is 23.9 Å². The van der Waals surface area contributed by atoms with Crippen LogP contribution in [0.25, 0.3) is 0 Å². The second-order valence-corrected chi connectivity index (χ2v) is 9.37. The molecule has 0 saturated heterocycles. The quantitative estimate of drug-likeness (QED) is 0.579. The molecule has 3 aromatic carbocycles. The van der Waals surface area contributed by atoms with Crippen molar-refractivity contribution >= 4 is 35.0 Å². The third kappa shape index (κ3) is 4.73. The van der Waals surface area contributed by atoms with Crippen molar-refractivity contribution in [2.75, 3.05) is 22.9 Å². The van der Waals surface area contributed by atoms with Crippen LogP contribution in [0.3, 0.4) is 0 Å². The molecule has 7 heteroatoms. The summed E-state index contributed by atoms with van der Waals surface area (Å²) in [5, 5.41) is 6.21. The number of rotatable bonds is 5. The summed E-state index contributed by atoms with van der Waals surface area (Å²) in [4.78, 5) is 27.6. The summed E-state index contributed by atoms with van der Waals surface area (Å²) in [5.74, 6) is 0.757. The first kappa shape index (κ1) is 21.5. The number of carbonyl (C=O) groups is 2. The smallest absolute Gasteiger partial charge is 0.254 e. The summed E-state index contributed by atoms with van der Waals surface area (Å²) >= 11 is 1.57. The molecule has 2 aliphatic heterocycles. The standard InChI is InChI=1S/C26H24FN3O2S/c27-21-7-3-4-17(12-21)15-33-16-24-25(31)29-23-13-19(8-9-22(23)28-24)26(32)30-11-10-18-5-1-2-6-20(18)14-30/h1-9,12-13,24,28H,10-11,14-16H2,(H,29,31). The van der Waals surface area contributed by atoms with Gasteiger partial charge in [-0.15, -0.1) is 0 Å². The van der Waals surface area contributed by atoms with Gasteiger partial charge in [0.1, 0.15) is 11.9 Å². The molecule has 0 aromatic heterocycles. The fourth-order valence-electron chi connectivity index (χ4n) is 4.27. The normalized spacial score (nSPS) is 16.9. The largest absolute Gasteiger partial charge is 0.371 e. The Balaban J connectivity index is 1.22. The van der Waals surface area contributed by atoms with Crippen LogP contribution >= 0.6 is 11.8 Å². The molecule has 2 amide bonds. The average molecular weight is 462 g/mol. The zero-order chi connectivity index (χ0) is 22.8. The van der Waals surface area contributed by atoms with E-state index >= 15 is 0 Å². The van der Waals surface area contributed by atoms with Gasteiger partial charge in [-0.2, -0.15) is 11.8 Å². The van der Waals surface area contributed by atoms with Crippen LogP contribution in [0.15, 0.2) is 66.7 Å². The average Bonchev–Trinajstić information content (AvgIpc) is 2.83. The van der Waals surface area contributed by atoms with Gasteiger partial charge in [0.05, 0.1) is 11.4 Å². The summed E-state index contributed by atoms with van der Waals surface area (Å²) in [6.45, 7) is 1.28. The maximum absolute atomic E-state index is 13.3. The summed E-state index contributed by atoms with van der Waals surface area (Å²) in [7, 11) is 0. The lowest BCUT2D eigenvalue weighted by Crippen LogP contribution is -2.41. The van der Waals surface area contributed by atoms with E-state index in [2.05, 4.69) is 22.8 Å². The lowest BCUT2D eigenvalue weighted by molar-refractivity contribution is -0.116. The number of fused-ring (bicyclic) bond motifs is 2. The summed E-state index contributed by atoms with van der Waals surface area (Å²) in [5.41, 5.74) is 5.35. The van der Waals surface area contributed by atoms with E-state index in [9.17, 15) is 14.0 Å². The lowest BCUT2D eigenvalue weighted by atomic mass is 9.99. The van der Waals surface area contributed by atoms with E-state index in [0.29, 0.717) is 35.8 Å². The van der Waals surface area contributed by atoms with Crippen molar-refractivity contribution in [2.24, 2.45) is 0 Å². The molecular weight excluding hydrogens is 437 g/mol. The zero-order valence-corrected chi connectivity index (χ0v) is 18.8. The number of nitrogens with zero attached hydrogens (tertiary/aromatic N) is 1. The van der Waals surface area contributed by atoms with E-state index < -0.39 is 6.04 Å². The molecule has 5 nitrogen and oxygen atoms in total. The predicted molar refractivity (Wildman–Crippen MR) is 130 cm³/mol. The highest BCUT2D eigenvalue weighted by atomic mass is 32.2. The molecule has 0 bridgehead atoms. The van der Waals surface area contributed by atoms with Crippen molar-refractivity contribution < 1.29 is 14.0 Å². The minimum absolute atomic E-state index is 0.0330. The minimum atomic E-state index is -0.392. The van der Waals surface area contributed by atoms with E-state index in [4.69, 9.17) is 0 Å². The van der Waals surface area contributed by atoms with Gasteiger partial charge in [0.25, 0.3) is 5.91 Å². The first-order chi connectivity index (χ1) is 16.1. The highest BCUT2D eigenvalue weighted by Crippen LogP contribution is 2.30. The SMILES string of the molecule is O=C1Nc2cc(C(=O)N3CCc4ccccc4C3)ccc2NC1CSCc1cccc(F)c1. The van der Waals surface area contributed by atoms with Gasteiger partial charge in [-0.05, 0) is 53.4 Å². The number of thioether (sulfide) groups is 1. The Morgan fingerprint density at radius 2 is 1.88 bits per heavy atom. The van der Waals surface area contributed by atoms with Crippen LogP contribution in [-0.4, -0.2) is 35.1 Å². The van der Waals surface area contributed by atoms with Gasteiger partial charge in [-0.25, -0.2) is 4.39 Å². The first-order valence-electron chi connectivity index (χ1n) is 11.0. The molecule has 2 heterocycles. The number of halogens is 1. The molecule has 0 fully saturated rings. The zero-order valence-electron chi connectivity index (χ0n) is 18.0. The van der Waals surface area contributed by atoms with E-state index in [1.165, 1.54) is 23.3 Å². The molecule has 1 unspecified atom stereocenters. The summed E-state index contributed by atoms with van der Waals surface area (Å²) in [6, 6.07) is 19.7. The van der Waals surface area contributed by atoms with Crippen molar-refractivity contribution in [1.29, 1.82) is 0 Å². The lowest BCUT2D eigenvalue weighted by Gasteiger charge is -2.30. The van der Waals surface area contributed by atoms with Gasteiger partial charge in [-0.1, -0.05) is 36.4 Å². The van der Waals surface area contributed by atoms with Crippen LogP contribution in [-0.2, 0) is 23.5 Å². The fraction of sp³-hybridized carbons (Fsp3) is 0.231. The van der Waals surface area contributed by atoms with Gasteiger partial charge in [-0.3, -0.25) is 9.59 Å². The molecule has 2 aliphatic rings. The van der Waals surface area contributed by atoms with Gasteiger partial charge in [0, 0.05) is 30.2 Å². The Morgan fingerprint density at radius 1 is 1.03 bits per heavy atom. The number of hydrogen-bond acceptors (Lipinski definition) is 4. The van der Waals surface area contributed by atoms with E-state index in [1.807, 2.05) is 35.2 Å². The van der Waals surface area contributed by atoms with Crippen LogP contribution in [0.4, 0.5) is 15.8 Å². The van der Waals surface area contributed by atoms with Gasteiger partial charge < -0.3 is 15.5 Å². The Kier molecular flexibility index (Phi) is 6.05. The molecule has 1 atom stereocenters. The molecule has 5 rings (SSSR count). The van der Waals surface area contributed by atoms with Crippen molar-refractivity contribution in [2.45, 2.75) is 24.8 Å². The Labute approximate surface area is 196 Å². The molecule has 0 spiro atoms. The number of amides is 2. The predicted octanol–water partition coefficient (Wildman–Crippen LogP) is 4.69. The third-order valence-corrected chi connectivity index (χ3v) is 7.14. The van der Waals surface area contributed by atoms with Crippen LogP contribution < -0.4 is 10.6 Å². The third-order valence-electron chi connectivity index (χ3n) is 6.03. The number of carbonyl (C=O) groups excluding carboxylic acids is 2. The second-order valence-electron chi connectivity index (χ2n) is 8.34. The van der Waals surface area contributed by atoms with Crippen LogP contribution in [0.1, 0.15) is 27.0 Å². The summed E-state index contributed by atoms with van der Waals surface area (Å²) < 4.78 is 13.3. The number of nitrogens with one attached hydrogen (secondary N) is 2. The maximum Gasteiger partial charge on any atom is 0.254 e. The van der Waals surface area contributed by atoms with E-state index in [-0.39, 0.29) is 17.6 Å². The molecule has 3 aromatic rings. The molecule has 0 radical (unpaired) electrons. The first-order valence-corrected chi connectivity index (χ1v) is 12.1. The number of hydrogen-bond donors (Lipinski definition) is 2. The Bertz CT molecular complexity index is 1220. The Morgan fingerprint density at radius 3 is 2.73 bits per heavy atom. The van der Waals surface area contributed by atoms with Crippen molar-refractivity contribution in [3.63, 3.8) is 0 Å². The number of benzene rings is 3. The molecule has 0 aliphatic carbocycles. The molecule has 168 valence electrons. The summed E-state index contributed by atoms with van der Waals surface area (Å²) in [6.07, 6.45) is 0.847. The van der Waals surface area contributed by atoms with E-state index in [0.717, 1.165) is 17.7 Å². The highest BCUT2D eigenvalue weighted by molar-refractivity contribution is 7.98. The molecular formula is C26H24FN3O2S. The van der Waals surface area contributed by atoms with Crippen molar-refractivity contribution in [1.82, 2.24) is 4.90 Å². The maximum atomic E-state index is 13.3. The van der Waals surface area contributed by atoms with Gasteiger partial charge in [0.2, 0.25) is 5.91 Å². The monoisotopic (exact) mass is 461 g/mol. The topological polar surface area (TPSA) is 61.4 Å². The molecule has 33 heavy (non-hydrogen) atoms. The van der Waals surface area contributed by atoms with Crippen LogP contribution in [0, 0.1) is 5.82 Å². The minimum Gasteiger partial charge on any atom is -0.371 e. The van der Waals surface area contributed by atoms with Crippen LogP contribution in [0.5, 0.6) is 0 Å². The van der Waals surface area contributed by atoms with Gasteiger partial charge >= 0.3 is 0 Å².